The van der Waals surface area contributed by atoms with Crippen molar-refractivity contribution in [3.63, 3.8) is 0 Å². The van der Waals surface area contributed by atoms with Crippen LogP contribution in [0.5, 0.6) is 17.2 Å². The van der Waals surface area contributed by atoms with Crippen LogP contribution in [0.15, 0.2) is 64.6 Å². The molecule has 0 radical (unpaired) electrons. The minimum absolute atomic E-state index is 0.0798. The van der Waals surface area contributed by atoms with E-state index < -0.39 is 16.6 Å². The van der Waals surface area contributed by atoms with Crippen molar-refractivity contribution in [2.45, 2.75) is 6.61 Å². The minimum Gasteiger partial charge on any atom is -0.506 e. The average Bonchev–Trinajstić information content (AvgIpc) is 2.83. The Morgan fingerprint density at radius 2 is 2.03 bits per heavy atom. The molecule has 3 rings (SSSR count). The summed E-state index contributed by atoms with van der Waals surface area (Å²) in [6.07, 6.45) is 1.32. The highest BCUT2D eigenvalue weighted by Gasteiger charge is 2.17. The van der Waals surface area contributed by atoms with Crippen molar-refractivity contribution < 1.29 is 24.3 Å². The number of methoxy groups -OCH3 is 1. The largest absolute Gasteiger partial charge is 0.506 e. The smallest absolute Gasteiger partial charge is 0.273 e. The number of benzene rings is 3. The highest BCUT2D eigenvalue weighted by atomic mass is 79.9. The number of aromatic hydroxyl groups is 1. The van der Waals surface area contributed by atoms with E-state index in [0.29, 0.717) is 26.6 Å². The summed E-state index contributed by atoms with van der Waals surface area (Å²) in [5, 5.41) is 33.2. The van der Waals surface area contributed by atoms with Crippen molar-refractivity contribution in [2.75, 3.05) is 12.4 Å². The molecule has 11 heteroatoms. The molecule has 3 aromatic carbocycles. The molecule has 3 aromatic rings. The number of nitrogens with zero attached hydrogens (tertiary/aromatic N) is 2. The Hall–Kier alpha value is -4.07. The predicted molar refractivity (Wildman–Crippen MR) is 133 cm³/mol. The van der Waals surface area contributed by atoms with Gasteiger partial charge in [-0.2, -0.15) is 5.26 Å². The number of carbonyl (C=O) groups is 1. The number of halogens is 2. The summed E-state index contributed by atoms with van der Waals surface area (Å²) >= 11 is 9.60. The second-order valence-corrected chi connectivity index (χ2v) is 8.26. The molecule has 0 spiro atoms. The molecule has 0 heterocycles. The van der Waals surface area contributed by atoms with Crippen LogP contribution in [-0.2, 0) is 11.4 Å². The van der Waals surface area contributed by atoms with Crippen molar-refractivity contribution in [3.8, 4) is 23.3 Å². The first-order valence-corrected chi connectivity index (χ1v) is 11.0. The summed E-state index contributed by atoms with van der Waals surface area (Å²) in [7, 11) is 1.45. The Balaban J connectivity index is 1.83. The topological polar surface area (TPSA) is 135 Å². The first-order valence-electron chi connectivity index (χ1n) is 9.87. The third-order valence-corrected chi connectivity index (χ3v) is 5.66. The molecule has 0 fully saturated rings. The number of hydrogen-bond acceptors (Lipinski definition) is 7. The van der Waals surface area contributed by atoms with Gasteiger partial charge in [-0.05, 0) is 51.8 Å². The van der Waals surface area contributed by atoms with E-state index in [1.165, 1.54) is 19.3 Å². The zero-order valence-corrected chi connectivity index (χ0v) is 20.5. The van der Waals surface area contributed by atoms with Gasteiger partial charge >= 0.3 is 0 Å². The van der Waals surface area contributed by atoms with Gasteiger partial charge in [0.05, 0.1) is 28.3 Å². The van der Waals surface area contributed by atoms with Crippen LogP contribution in [0.4, 0.5) is 11.4 Å². The SMILES string of the molecule is COc1cc(/C=C(/C#N)C(=O)Nc2ccc([N+](=O)[O-])cc2O)cc(Br)c1OCc1ccccc1Cl. The summed E-state index contributed by atoms with van der Waals surface area (Å²) in [5.41, 5.74) is 0.541. The monoisotopic (exact) mass is 557 g/mol. The molecular formula is C24H17BrClN3O6. The predicted octanol–water partition coefficient (Wildman–Crippen LogP) is 5.85. The van der Waals surface area contributed by atoms with Crippen molar-refractivity contribution in [1.29, 1.82) is 5.26 Å². The van der Waals surface area contributed by atoms with Gasteiger partial charge in [0.15, 0.2) is 11.5 Å². The summed E-state index contributed by atoms with van der Waals surface area (Å²) in [6.45, 7) is 0.189. The van der Waals surface area contributed by atoms with Crippen molar-refractivity contribution >= 4 is 50.9 Å². The van der Waals surface area contributed by atoms with E-state index >= 15 is 0 Å². The maximum absolute atomic E-state index is 12.6. The second-order valence-electron chi connectivity index (χ2n) is 7.00. The number of nitriles is 1. The third kappa shape index (κ3) is 6.29. The number of ether oxygens (including phenoxy) is 2. The normalized spacial score (nSPS) is 10.9. The number of hydrogen-bond donors (Lipinski definition) is 2. The van der Waals surface area contributed by atoms with E-state index in [9.17, 15) is 25.3 Å². The number of nitrogens with one attached hydrogen (secondary N) is 1. The highest BCUT2D eigenvalue weighted by molar-refractivity contribution is 9.10. The van der Waals surface area contributed by atoms with Gasteiger partial charge in [-0.1, -0.05) is 29.8 Å². The molecule has 2 N–H and O–H groups in total. The maximum atomic E-state index is 12.6. The lowest BCUT2D eigenvalue weighted by Gasteiger charge is -2.14. The lowest BCUT2D eigenvalue weighted by molar-refractivity contribution is -0.384. The molecule has 9 nitrogen and oxygen atoms in total. The molecule has 178 valence electrons. The molecule has 0 saturated heterocycles. The molecule has 0 bridgehead atoms. The maximum Gasteiger partial charge on any atom is 0.273 e. The number of rotatable bonds is 8. The third-order valence-electron chi connectivity index (χ3n) is 4.70. The summed E-state index contributed by atoms with van der Waals surface area (Å²) in [5.74, 6) is -0.563. The highest BCUT2D eigenvalue weighted by Crippen LogP contribution is 2.38. The van der Waals surface area contributed by atoms with E-state index in [0.717, 1.165) is 17.7 Å². The molecule has 0 atom stereocenters. The van der Waals surface area contributed by atoms with Gasteiger partial charge in [-0.15, -0.1) is 0 Å². The number of amides is 1. The molecule has 0 saturated carbocycles. The van der Waals surface area contributed by atoms with Gasteiger partial charge < -0.3 is 19.9 Å². The lowest BCUT2D eigenvalue weighted by atomic mass is 10.1. The first-order chi connectivity index (χ1) is 16.7. The summed E-state index contributed by atoms with van der Waals surface area (Å²) < 4.78 is 11.8. The number of anilines is 1. The Bertz CT molecular complexity index is 1370. The molecule has 0 unspecified atom stereocenters. The van der Waals surface area contributed by atoms with Gasteiger partial charge in [-0.3, -0.25) is 14.9 Å². The zero-order chi connectivity index (χ0) is 25.5. The summed E-state index contributed by atoms with van der Waals surface area (Å²) in [4.78, 5) is 22.7. The van der Waals surface area contributed by atoms with E-state index in [-0.39, 0.29) is 23.6 Å². The van der Waals surface area contributed by atoms with Crippen LogP contribution < -0.4 is 14.8 Å². The molecular weight excluding hydrogens is 542 g/mol. The van der Waals surface area contributed by atoms with Crippen LogP contribution in [-0.4, -0.2) is 23.0 Å². The molecule has 0 aliphatic rings. The standard InChI is InChI=1S/C24H17BrClN3O6/c1-34-22-10-14(9-18(25)23(22)35-13-15-4-2-3-5-19(15)26)8-16(12-27)24(31)28-20-7-6-17(29(32)33)11-21(20)30/h2-11,30H,13H2,1H3,(H,28,31)/b16-8-. The van der Waals surface area contributed by atoms with E-state index in [1.54, 1.807) is 24.3 Å². The van der Waals surface area contributed by atoms with E-state index in [1.807, 2.05) is 18.2 Å². The Kier molecular flexibility index (Phi) is 8.30. The van der Waals surface area contributed by atoms with E-state index in [2.05, 4.69) is 21.2 Å². The van der Waals surface area contributed by atoms with Crippen LogP contribution in [0, 0.1) is 21.4 Å². The Morgan fingerprint density at radius 1 is 1.29 bits per heavy atom. The number of nitro benzene ring substituents is 1. The second kappa shape index (κ2) is 11.4. The number of non-ortho nitro benzene ring substituents is 1. The molecule has 0 aliphatic carbocycles. The van der Waals surface area contributed by atoms with Gasteiger partial charge in [0.1, 0.15) is 24.0 Å². The fourth-order valence-electron chi connectivity index (χ4n) is 2.97. The minimum atomic E-state index is -0.814. The average molecular weight is 559 g/mol. The Labute approximate surface area is 213 Å². The van der Waals surface area contributed by atoms with Gasteiger partial charge in [0.2, 0.25) is 0 Å². The Morgan fingerprint density at radius 3 is 2.66 bits per heavy atom. The molecule has 0 aliphatic heterocycles. The van der Waals surface area contributed by atoms with Gasteiger partial charge in [0, 0.05) is 16.7 Å². The number of carbonyl (C=O) groups excluding carboxylic acids is 1. The lowest BCUT2D eigenvalue weighted by Crippen LogP contribution is -2.13. The number of phenolic OH excluding ortho intramolecular Hbond substituents is 1. The number of nitro groups is 1. The van der Waals surface area contributed by atoms with Crippen LogP contribution in [0.25, 0.3) is 6.08 Å². The van der Waals surface area contributed by atoms with Crippen LogP contribution in [0.3, 0.4) is 0 Å². The van der Waals surface area contributed by atoms with Gasteiger partial charge in [-0.25, -0.2) is 0 Å². The van der Waals surface area contributed by atoms with Crippen molar-refractivity contribution in [1.82, 2.24) is 0 Å². The van der Waals surface area contributed by atoms with Crippen molar-refractivity contribution in [2.24, 2.45) is 0 Å². The quantitative estimate of drug-likeness (QED) is 0.116. The first kappa shape index (κ1) is 25.6. The van der Waals surface area contributed by atoms with Crippen molar-refractivity contribution in [3.05, 3.63) is 90.9 Å². The van der Waals surface area contributed by atoms with Crippen LogP contribution in [0.2, 0.25) is 5.02 Å². The molecule has 1 amide bonds. The summed E-state index contributed by atoms with van der Waals surface area (Å²) in [6, 6.07) is 15.5. The molecule has 0 aromatic heterocycles. The van der Waals surface area contributed by atoms with E-state index in [4.69, 9.17) is 21.1 Å². The van der Waals surface area contributed by atoms with Crippen LogP contribution >= 0.6 is 27.5 Å². The van der Waals surface area contributed by atoms with Gasteiger partial charge in [0.25, 0.3) is 11.6 Å². The number of phenols is 1. The van der Waals surface area contributed by atoms with Crippen LogP contribution in [0.1, 0.15) is 11.1 Å². The zero-order valence-electron chi connectivity index (χ0n) is 18.1. The molecule has 35 heavy (non-hydrogen) atoms. The fourth-order valence-corrected chi connectivity index (χ4v) is 3.74. The fraction of sp³-hybridized carbons (Fsp3) is 0.0833.